The summed E-state index contributed by atoms with van der Waals surface area (Å²) in [6, 6.07) is 7.81. The summed E-state index contributed by atoms with van der Waals surface area (Å²) in [5.74, 6) is 0.697. The van der Waals surface area contributed by atoms with Crippen molar-refractivity contribution in [3.63, 3.8) is 0 Å². The van der Waals surface area contributed by atoms with Gasteiger partial charge in [0.25, 0.3) is 0 Å². The van der Waals surface area contributed by atoms with Gasteiger partial charge in [-0.25, -0.2) is 0 Å². The van der Waals surface area contributed by atoms with Crippen molar-refractivity contribution >= 4 is 28.2 Å². The maximum absolute atomic E-state index is 6.02. The van der Waals surface area contributed by atoms with Gasteiger partial charge in [0.2, 0.25) is 0 Å². The normalized spacial score (nSPS) is 14.6. The number of nitrogens with one attached hydrogen (secondary N) is 2. The summed E-state index contributed by atoms with van der Waals surface area (Å²) in [7, 11) is 0. The molecule has 0 bridgehead atoms. The van der Waals surface area contributed by atoms with Crippen molar-refractivity contribution < 1.29 is 0 Å². The van der Waals surface area contributed by atoms with Gasteiger partial charge < -0.3 is 5.43 Å². The van der Waals surface area contributed by atoms with E-state index < -0.39 is 0 Å². The molecule has 4 nitrogen and oxygen atoms in total. The number of benzene rings is 1. The number of hydrogen-bond donors (Lipinski definition) is 2. The van der Waals surface area contributed by atoms with Crippen LogP contribution in [0.25, 0.3) is 10.8 Å². The Morgan fingerprint density at radius 1 is 1.06 bits per heavy atom. The molecule has 0 spiro atoms. The first-order valence-electron chi connectivity index (χ1n) is 5.96. The number of hydrazine groups is 1. The molecule has 0 aliphatic heterocycles. The van der Waals surface area contributed by atoms with Crippen LogP contribution in [0.1, 0.15) is 19.3 Å². The van der Waals surface area contributed by atoms with E-state index in [1.54, 1.807) is 0 Å². The molecule has 0 amide bonds. The van der Waals surface area contributed by atoms with Crippen molar-refractivity contribution in [3.05, 3.63) is 41.2 Å². The third-order valence-electron chi connectivity index (χ3n) is 3.02. The van der Waals surface area contributed by atoms with Gasteiger partial charge in [-0.3, -0.25) is 5.43 Å². The first-order valence-corrected chi connectivity index (χ1v) is 6.34. The van der Waals surface area contributed by atoms with E-state index in [0.29, 0.717) is 11.0 Å². The highest BCUT2D eigenvalue weighted by atomic mass is 35.5. The SMILES string of the molecule is Clc1nnc(NNC2=CCCC2)c2ccccc12. The lowest BCUT2D eigenvalue weighted by molar-refractivity contribution is 0.832. The zero-order chi connectivity index (χ0) is 12.4. The summed E-state index contributed by atoms with van der Waals surface area (Å²) in [5.41, 5.74) is 7.49. The number of halogens is 1. The van der Waals surface area contributed by atoms with Gasteiger partial charge >= 0.3 is 0 Å². The first-order chi connectivity index (χ1) is 8.84. The van der Waals surface area contributed by atoms with E-state index in [1.807, 2.05) is 24.3 Å². The van der Waals surface area contributed by atoms with Crippen LogP contribution < -0.4 is 10.9 Å². The van der Waals surface area contributed by atoms with Crippen LogP contribution in [0, 0.1) is 0 Å². The number of fused-ring (bicyclic) bond motifs is 1. The minimum absolute atomic E-state index is 0.427. The van der Waals surface area contributed by atoms with Crippen LogP contribution in [0.2, 0.25) is 5.15 Å². The molecule has 0 atom stereocenters. The van der Waals surface area contributed by atoms with Gasteiger partial charge in [0.15, 0.2) is 11.0 Å². The molecular weight excluding hydrogens is 248 g/mol. The summed E-state index contributed by atoms with van der Waals surface area (Å²) >= 11 is 6.02. The smallest absolute Gasteiger partial charge is 0.175 e. The molecule has 1 aliphatic rings. The Labute approximate surface area is 110 Å². The fraction of sp³-hybridized carbons (Fsp3) is 0.231. The molecule has 0 saturated carbocycles. The number of allylic oxidation sites excluding steroid dienone is 2. The van der Waals surface area contributed by atoms with Gasteiger partial charge in [-0.2, -0.15) is 0 Å². The van der Waals surface area contributed by atoms with E-state index in [1.165, 1.54) is 12.1 Å². The first kappa shape index (κ1) is 11.3. The Morgan fingerprint density at radius 3 is 2.67 bits per heavy atom. The molecule has 1 aromatic heterocycles. The van der Waals surface area contributed by atoms with Crippen molar-refractivity contribution in [1.82, 2.24) is 15.6 Å². The second-order valence-corrected chi connectivity index (χ2v) is 4.61. The van der Waals surface area contributed by atoms with E-state index in [9.17, 15) is 0 Å². The molecular formula is C13H13ClN4. The number of rotatable bonds is 3. The summed E-state index contributed by atoms with van der Waals surface area (Å²) in [6.45, 7) is 0. The standard InChI is InChI=1S/C13H13ClN4/c14-12-10-7-3-4-8-11(10)13(18-16-12)17-15-9-5-1-2-6-9/h3-5,7-8,15H,1-2,6H2,(H,17,18). The summed E-state index contributed by atoms with van der Waals surface area (Å²) in [6.07, 6.45) is 5.61. The summed E-state index contributed by atoms with van der Waals surface area (Å²) in [4.78, 5) is 0. The van der Waals surface area contributed by atoms with Crippen molar-refractivity contribution in [2.24, 2.45) is 0 Å². The van der Waals surface area contributed by atoms with Crippen LogP contribution in [-0.4, -0.2) is 10.2 Å². The quantitative estimate of drug-likeness (QED) is 0.832. The number of hydrogen-bond acceptors (Lipinski definition) is 4. The molecule has 0 radical (unpaired) electrons. The summed E-state index contributed by atoms with van der Waals surface area (Å²) in [5, 5.41) is 10.3. The Balaban J connectivity index is 1.89. The lowest BCUT2D eigenvalue weighted by Gasteiger charge is -2.11. The topological polar surface area (TPSA) is 49.8 Å². The predicted octanol–water partition coefficient (Wildman–Crippen LogP) is 3.27. The van der Waals surface area contributed by atoms with E-state index in [0.717, 1.165) is 23.6 Å². The zero-order valence-electron chi connectivity index (χ0n) is 9.78. The third kappa shape index (κ3) is 2.11. The Hall–Kier alpha value is -1.81. The molecule has 1 aromatic carbocycles. The van der Waals surface area contributed by atoms with Gasteiger partial charge in [-0.1, -0.05) is 41.9 Å². The van der Waals surface area contributed by atoms with Gasteiger partial charge in [0, 0.05) is 16.5 Å². The highest BCUT2D eigenvalue weighted by Gasteiger charge is 2.08. The molecule has 18 heavy (non-hydrogen) atoms. The summed E-state index contributed by atoms with van der Waals surface area (Å²) < 4.78 is 0. The molecule has 92 valence electrons. The average molecular weight is 261 g/mol. The Morgan fingerprint density at radius 2 is 1.89 bits per heavy atom. The van der Waals surface area contributed by atoms with E-state index in [-0.39, 0.29) is 0 Å². The molecule has 2 aromatic rings. The maximum atomic E-state index is 6.02. The van der Waals surface area contributed by atoms with Crippen molar-refractivity contribution in [2.75, 3.05) is 5.43 Å². The maximum Gasteiger partial charge on any atom is 0.175 e. The van der Waals surface area contributed by atoms with Crippen LogP contribution >= 0.6 is 11.6 Å². The Bertz CT molecular complexity index is 609. The molecule has 2 N–H and O–H groups in total. The lowest BCUT2D eigenvalue weighted by atomic mass is 10.2. The fourth-order valence-electron chi connectivity index (χ4n) is 2.09. The highest BCUT2D eigenvalue weighted by Crippen LogP contribution is 2.25. The van der Waals surface area contributed by atoms with Crippen molar-refractivity contribution in [1.29, 1.82) is 0 Å². The van der Waals surface area contributed by atoms with Gasteiger partial charge in [0.05, 0.1) is 0 Å². The number of anilines is 1. The second-order valence-electron chi connectivity index (χ2n) is 4.26. The van der Waals surface area contributed by atoms with Crippen molar-refractivity contribution in [2.45, 2.75) is 19.3 Å². The highest BCUT2D eigenvalue weighted by molar-refractivity contribution is 6.34. The minimum Gasteiger partial charge on any atom is -0.304 e. The van der Waals surface area contributed by atoms with Crippen LogP contribution in [0.3, 0.4) is 0 Å². The largest absolute Gasteiger partial charge is 0.304 e. The Kier molecular flexibility index (Phi) is 3.02. The average Bonchev–Trinajstić information content (AvgIpc) is 2.92. The van der Waals surface area contributed by atoms with Crippen LogP contribution in [0.15, 0.2) is 36.0 Å². The molecule has 0 unspecified atom stereocenters. The second kappa shape index (κ2) is 4.82. The molecule has 0 saturated heterocycles. The number of aromatic nitrogens is 2. The number of nitrogens with zero attached hydrogens (tertiary/aromatic N) is 2. The molecule has 0 fully saturated rings. The fourth-order valence-corrected chi connectivity index (χ4v) is 2.29. The van der Waals surface area contributed by atoms with Gasteiger partial charge in [-0.05, 0) is 19.3 Å². The zero-order valence-corrected chi connectivity index (χ0v) is 10.5. The molecule has 5 heteroatoms. The van der Waals surface area contributed by atoms with Gasteiger partial charge in [-0.15, -0.1) is 10.2 Å². The van der Waals surface area contributed by atoms with E-state index in [4.69, 9.17) is 11.6 Å². The predicted molar refractivity (Wildman–Crippen MR) is 73.2 cm³/mol. The van der Waals surface area contributed by atoms with Crippen molar-refractivity contribution in [3.8, 4) is 0 Å². The lowest BCUT2D eigenvalue weighted by Crippen LogP contribution is -2.21. The van der Waals surface area contributed by atoms with Crippen LogP contribution in [-0.2, 0) is 0 Å². The third-order valence-corrected chi connectivity index (χ3v) is 3.30. The minimum atomic E-state index is 0.427. The van der Waals surface area contributed by atoms with E-state index >= 15 is 0 Å². The van der Waals surface area contributed by atoms with Crippen LogP contribution in [0.5, 0.6) is 0 Å². The van der Waals surface area contributed by atoms with Crippen LogP contribution in [0.4, 0.5) is 5.82 Å². The van der Waals surface area contributed by atoms with E-state index in [2.05, 4.69) is 27.1 Å². The van der Waals surface area contributed by atoms with Gasteiger partial charge in [0.1, 0.15) is 0 Å². The molecule has 1 aliphatic carbocycles. The molecule has 1 heterocycles. The monoisotopic (exact) mass is 260 g/mol. The molecule has 3 rings (SSSR count).